The lowest BCUT2D eigenvalue weighted by atomic mass is 10.2. The number of benzene rings is 1. The van der Waals surface area contributed by atoms with Crippen LogP contribution in [0, 0.1) is 11.3 Å². The Kier molecular flexibility index (Phi) is 4.94. The highest BCUT2D eigenvalue weighted by Gasteiger charge is 2.05. The molecule has 0 fully saturated rings. The molecule has 0 aromatic heterocycles. The molecule has 0 aliphatic carbocycles. The first kappa shape index (κ1) is 13.0. The molecule has 0 aliphatic rings. The SMILES string of the molecule is N#Cc1ccc(NC(=O)NCC(O)CO)cc1. The second-order valence-electron chi connectivity index (χ2n) is 3.36. The summed E-state index contributed by atoms with van der Waals surface area (Å²) in [5.74, 6) is 0. The van der Waals surface area contributed by atoms with E-state index in [1.807, 2.05) is 6.07 Å². The summed E-state index contributed by atoms with van der Waals surface area (Å²) in [4.78, 5) is 11.3. The van der Waals surface area contributed by atoms with Crippen molar-refractivity contribution in [3.63, 3.8) is 0 Å². The van der Waals surface area contributed by atoms with Gasteiger partial charge in [-0.05, 0) is 24.3 Å². The van der Waals surface area contributed by atoms with E-state index < -0.39 is 18.7 Å². The minimum atomic E-state index is -0.971. The van der Waals surface area contributed by atoms with Crippen molar-refractivity contribution in [3.8, 4) is 6.07 Å². The predicted octanol–water partition coefficient (Wildman–Crippen LogP) is 0.0330. The molecule has 17 heavy (non-hydrogen) atoms. The predicted molar refractivity (Wildman–Crippen MR) is 61.3 cm³/mol. The van der Waals surface area contributed by atoms with Crippen LogP contribution in [-0.2, 0) is 0 Å². The maximum Gasteiger partial charge on any atom is 0.319 e. The van der Waals surface area contributed by atoms with Gasteiger partial charge in [-0.25, -0.2) is 4.79 Å². The normalized spacial score (nSPS) is 11.4. The zero-order valence-corrected chi connectivity index (χ0v) is 9.05. The molecule has 0 spiro atoms. The number of carbonyl (C=O) groups excluding carboxylic acids is 1. The molecule has 1 unspecified atom stereocenters. The molecule has 6 heteroatoms. The van der Waals surface area contributed by atoms with Crippen molar-refractivity contribution < 1.29 is 15.0 Å². The number of carbonyl (C=O) groups is 1. The zero-order valence-electron chi connectivity index (χ0n) is 9.05. The van der Waals surface area contributed by atoms with Gasteiger partial charge in [0.1, 0.15) is 0 Å². The van der Waals surface area contributed by atoms with Crippen LogP contribution >= 0.6 is 0 Å². The Hall–Kier alpha value is -2.10. The fourth-order valence-electron chi connectivity index (χ4n) is 1.08. The quantitative estimate of drug-likeness (QED) is 0.591. The second kappa shape index (κ2) is 6.48. The molecule has 4 N–H and O–H groups in total. The minimum absolute atomic E-state index is 0.0292. The van der Waals surface area contributed by atoms with Crippen molar-refractivity contribution in [2.24, 2.45) is 0 Å². The van der Waals surface area contributed by atoms with Crippen LogP contribution in [0.4, 0.5) is 10.5 Å². The zero-order chi connectivity index (χ0) is 12.7. The number of rotatable bonds is 4. The summed E-state index contributed by atoms with van der Waals surface area (Å²) < 4.78 is 0. The number of nitrogens with zero attached hydrogens (tertiary/aromatic N) is 1. The van der Waals surface area contributed by atoms with E-state index in [-0.39, 0.29) is 6.54 Å². The van der Waals surface area contributed by atoms with Crippen LogP contribution in [-0.4, -0.2) is 35.5 Å². The lowest BCUT2D eigenvalue weighted by molar-refractivity contribution is 0.0965. The molecule has 0 radical (unpaired) electrons. The van der Waals surface area contributed by atoms with Crippen LogP contribution in [0.15, 0.2) is 24.3 Å². The van der Waals surface area contributed by atoms with Gasteiger partial charge in [0.25, 0.3) is 0 Å². The fourth-order valence-corrected chi connectivity index (χ4v) is 1.08. The van der Waals surface area contributed by atoms with E-state index in [0.717, 1.165) is 0 Å². The highest BCUT2D eigenvalue weighted by Crippen LogP contribution is 2.08. The summed E-state index contributed by atoms with van der Waals surface area (Å²) >= 11 is 0. The Morgan fingerprint density at radius 1 is 1.41 bits per heavy atom. The third-order valence-electron chi connectivity index (χ3n) is 1.98. The summed E-state index contributed by atoms with van der Waals surface area (Å²) in [6.45, 7) is -0.435. The molecule has 0 aliphatic heterocycles. The summed E-state index contributed by atoms with van der Waals surface area (Å²) in [5, 5.41) is 31.0. The highest BCUT2D eigenvalue weighted by molar-refractivity contribution is 5.89. The van der Waals surface area contributed by atoms with Gasteiger partial charge in [-0.2, -0.15) is 5.26 Å². The summed E-state index contributed by atoms with van der Waals surface area (Å²) in [6.07, 6.45) is -0.971. The molecular formula is C11H13N3O3. The van der Waals surface area contributed by atoms with Crippen molar-refractivity contribution in [1.29, 1.82) is 5.26 Å². The first-order valence-corrected chi connectivity index (χ1v) is 4.99. The second-order valence-corrected chi connectivity index (χ2v) is 3.36. The average molecular weight is 235 g/mol. The van der Waals surface area contributed by atoms with Crippen LogP contribution in [0.5, 0.6) is 0 Å². The van der Waals surface area contributed by atoms with Crippen molar-refractivity contribution in [1.82, 2.24) is 5.32 Å². The molecule has 0 saturated heterocycles. The van der Waals surface area contributed by atoms with Gasteiger partial charge in [0.05, 0.1) is 24.3 Å². The van der Waals surface area contributed by atoms with Gasteiger partial charge in [0.15, 0.2) is 0 Å². The van der Waals surface area contributed by atoms with Gasteiger partial charge in [-0.1, -0.05) is 0 Å². The Morgan fingerprint density at radius 3 is 2.59 bits per heavy atom. The molecular weight excluding hydrogens is 222 g/mol. The Balaban J connectivity index is 2.43. The van der Waals surface area contributed by atoms with Crippen molar-refractivity contribution >= 4 is 11.7 Å². The van der Waals surface area contributed by atoms with Gasteiger partial charge >= 0.3 is 6.03 Å². The van der Waals surface area contributed by atoms with Crippen LogP contribution in [0.25, 0.3) is 0 Å². The average Bonchev–Trinajstić information content (AvgIpc) is 2.36. The lowest BCUT2D eigenvalue weighted by Crippen LogP contribution is -2.36. The minimum Gasteiger partial charge on any atom is -0.394 e. The number of anilines is 1. The summed E-state index contributed by atoms with van der Waals surface area (Å²) in [7, 11) is 0. The van der Waals surface area contributed by atoms with Crippen molar-refractivity contribution in [2.75, 3.05) is 18.5 Å². The van der Waals surface area contributed by atoms with E-state index in [9.17, 15) is 4.79 Å². The smallest absolute Gasteiger partial charge is 0.319 e. The lowest BCUT2D eigenvalue weighted by Gasteiger charge is -2.10. The highest BCUT2D eigenvalue weighted by atomic mass is 16.3. The summed E-state index contributed by atoms with van der Waals surface area (Å²) in [6, 6.07) is 7.84. The van der Waals surface area contributed by atoms with Gasteiger partial charge in [-0.3, -0.25) is 0 Å². The molecule has 1 atom stereocenters. The molecule has 1 rings (SSSR count). The molecule has 1 aromatic rings. The third-order valence-corrected chi connectivity index (χ3v) is 1.98. The molecule has 6 nitrogen and oxygen atoms in total. The van der Waals surface area contributed by atoms with E-state index >= 15 is 0 Å². The number of nitrogens with one attached hydrogen (secondary N) is 2. The third kappa shape index (κ3) is 4.51. The number of aliphatic hydroxyl groups is 2. The molecule has 90 valence electrons. The first-order chi connectivity index (χ1) is 8.15. The van der Waals surface area contributed by atoms with E-state index in [2.05, 4.69) is 10.6 Å². The van der Waals surface area contributed by atoms with E-state index in [1.165, 1.54) is 0 Å². The van der Waals surface area contributed by atoms with E-state index in [0.29, 0.717) is 11.3 Å². The van der Waals surface area contributed by atoms with E-state index in [1.54, 1.807) is 24.3 Å². The van der Waals surface area contributed by atoms with Crippen LogP contribution in [0.3, 0.4) is 0 Å². The number of nitriles is 1. The monoisotopic (exact) mass is 235 g/mol. The van der Waals surface area contributed by atoms with Gasteiger partial charge in [-0.15, -0.1) is 0 Å². The molecule has 1 aromatic carbocycles. The number of hydrogen-bond donors (Lipinski definition) is 4. The topological polar surface area (TPSA) is 105 Å². The number of urea groups is 1. The molecule has 0 saturated carbocycles. The van der Waals surface area contributed by atoms with Crippen LogP contribution < -0.4 is 10.6 Å². The van der Waals surface area contributed by atoms with E-state index in [4.69, 9.17) is 15.5 Å². The largest absolute Gasteiger partial charge is 0.394 e. The van der Waals surface area contributed by atoms with Gasteiger partial charge < -0.3 is 20.8 Å². The van der Waals surface area contributed by atoms with Gasteiger partial charge in [0.2, 0.25) is 0 Å². The fraction of sp³-hybridized carbons (Fsp3) is 0.273. The summed E-state index contributed by atoms with van der Waals surface area (Å²) in [5.41, 5.74) is 1.05. The Labute approximate surface area is 98.5 Å². The van der Waals surface area contributed by atoms with Crippen LogP contribution in [0.2, 0.25) is 0 Å². The first-order valence-electron chi connectivity index (χ1n) is 4.99. The maximum atomic E-state index is 11.3. The van der Waals surface area contributed by atoms with Crippen molar-refractivity contribution in [3.05, 3.63) is 29.8 Å². The maximum absolute atomic E-state index is 11.3. The Bertz CT molecular complexity index is 411. The van der Waals surface area contributed by atoms with Crippen LogP contribution in [0.1, 0.15) is 5.56 Å². The molecule has 0 heterocycles. The molecule has 2 amide bonds. The number of hydrogen-bond acceptors (Lipinski definition) is 4. The van der Waals surface area contributed by atoms with Gasteiger partial charge in [0, 0.05) is 12.2 Å². The van der Waals surface area contributed by atoms with Crippen molar-refractivity contribution in [2.45, 2.75) is 6.10 Å². The number of aliphatic hydroxyl groups excluding tert-OH is 2. The standard InChI is InChI=1S/C11H13N3O3/c12-5-8-1-3-9(4-2-8)14-11(17)13-6-10(16)7-15/h1-4,10,15-16H,6-7H2,(H2,13,14,17). The Morgan fingerprint density at radius 2 is 2.06 bits per heavy atom. The number of amides is 2. The molecule has 0 bridgehead atoms.